The van der Waals surface area contributed by atoms with E-state index < -0.39 is 0 Å². The maximum absolute atomic E-state index is 2.41. The molecule has 50 heavy (non-hydrogen) atoms. The molecule has 0 unspecified atom stereocenters. The van der Waals surface area contributed by atoms with Gasteiger partial charge in [-0.3, -0.25) is 0 Å². The average Bonchev–Trinajstić information content (AvgIpc) is 3.58. The molecule has 1 heterocycles. The van der Waals surface area contributed by atoms with Gasteiger partial charge in [0.25, 0.3) is 0 Å². The number of thiophene rings is 1. The van der Waals surface area contributed by atoms with Gasteiger partial charge in [0.1, 0.15) is 0 Å². The Morgan fingerprint density at radius 1 is 0.300 bits per heavy atom. The monoisotopic (exact) mass is 655 g/mol. The molecule has 0 atom stereocenters. The Morgan fingerprint density at radius 2 is 0.700 bits per heavy atom. The van der Waals surface area contributed by atoms with Gasteiger partial charge in [0.2, 0.25) is 0 Å². The van der Waals surface area contributed by atoms with Gasteiger partial charge in [-0.05, 0) is 80.9 Å². The standard InChI is InChI=1S/C48H33NS/c1-4-11-34(12-5-1)37-19-21-40(22-20-37)41-27-32-44-45-17-10-18-46(48(45)50-47(44)33-41)49(42-28-23-38(24-29-42)35-13-6-2-7-14-35)43-30-25-39(26-31-43)36-15-8-3-9-16-36/h1-33H. The molecule has 1 aromatic heterocycles. The molecule has 0 aliphatic heterocycles. The zero-order chi connectivity index (χ0) is 33.3. The van der Waals surface area contributed by atoms with Gasteiger partial charge < -0.3 is 4.90 Å². The number of nitrogens with zero attached hydrogens (tertiary/aromatic N) is 1. The van der Waals surface area contributed by atoms with E-state index in [2.05, 4.69) is 205 Å². The minimum atomic E-state index is 1.13. The molecule has 2 heteroatoms. The number of hydrogen-bond donors (Lipinski definition) is 0. The minimum absolute atomic E-state index is 1.13. The SMILES string of the molecule is c1ccc(-c2ccc(-c3ccc4c(c3)sc3c(N(c5ccc(-c6ccccc6)cc5)c5ccc(-c6ccccc6)cc5)cccc34)cc2)cc1. The summed E-state index contributed by atoms with van der Waals surface area (Å²) in [6.07, 6.45) is 0. The fourth-order valence-electron chi connectivity index (χ4n) is 6.92. The van der Waals surface area contributed by atoms with Crippen molar-refractivity contribution in [2.45, 2.75) is 0 Å². The van der Waals surface area contributed by atoms with Crippen molar-refractivity contribution in [3.63, 3.8) is 0 Å². The summed E-state index contributed by atoms with van der Waals surface area (Å²) in [4.78, 5) is 2.41. The number of rotatable bonds is 7. The van der Waals surface area contributed by atoms with Crippen molar-refractivity contribution in [3.05, 3.63) is 200 Å². The van der Waals surface area contributed by atoms with Crippen molar-refractivity contribution in [3.8, 4) is 44.5 Å². The van der Waals surface area contributed by atoms with E-state index in [-0.39, 0.29) is 0 Å². The number of benzene rings is 8. The first-order valence-corrected chi connectivity index (χ1v) is 17.8. The Labute approximate surface area is 297 Å². The summed E-state index contributed by atoms with van der Waals surface area (Å²) in [6.45, 7) is 0. The van der Waals surface area contributed by atoms with Crippen molar-refractivity contribution in [1.29, 1.82) is 0 Å². The molecular formula is C48H33NS. The van der Waals surface area contributed by atoms with Crippen LogP contribution in [0.4, 0.5) is 17.1 Å². The second-order valence-corrected chi connectivity index (χ2v) is 13.6. The van der Waals surface area contributed by atoms with Crippen LogP contribution < -0.4 is 4.90 Å². The summed E-state index contributed by atoms with van der Waals surface area (Å²) in [7, 11) is 0. The van der Waals surface area contributed by atoms with Crippen LogP contribution in [-0.4, -0.2) is 0 Å². The van der Waals surface area contributed by atoms with E-state index in [4.69, 9.17) is 0 Å². The van der Waals surface area contributed by atoms with Crippen LogP contribution >= 0.6 is 11.3 Å². The van der Waals surface area contributed by atoms with Crippen molar-refractivity contribution >= 4 is 48.6 Å². The molecule has 8 aromatic carbocycles. The molecule has 0 amide bonds. The van der Waals surface area contributed by atoms with Crippen LogP contribution in [0, 0.1) is 0 Å². The Hall–Kier alpha value is -6.22. The predicted molar refractivity (Wildman–Crippen MR) is 216 cm³/mol. The van der Waals surface area contributed by atoms with Crippen LogP contribution in [0.5, 0.6) is 0 Å². The first-order valence-electron chi connectivity index (χ1n) is 17.0. The zero-order valence-corrected chi connectivity index (χ0v) is 28.2. The highest BCUT2D eigenvalue weighted by Gasteiger charge is 2.19. The van der Waals surface area contributed by atoms with Crippen LogP contribution in [0.15, 0.2) is 200 Å². The molecular weight excluding hydrogens is 623 g/mol. The van der Waals surface area contributed by atoms with Crippen molar-refractivity contribution < 1.29 is 0 Å². The molecule has 0 radical (unpaired) electrons. The van der Waals surface area contributed by atoms with Crippen LogP contribution in [0.25, 0.3) is 64.7 Å². The lowest BCUT2D eigenvalue weighted by atomic mass is 9.99. The van der Waals surface area contributed by atoms with Gasteiger partial charge in [-0.1, -0.05) is 164 Å². The largest absolute Gasteiger partial charge is 0.309 e. The van der Waals surface area contributed by atoms with Gasteiger partial charge in [-0.2, -0.15) is 0 Å². The van der Waals surface area contributed by atoms with Gasteiger partial charge in [0.05, 0.1) is 10.4 Å². The summed E-state index contributed by atoms with van der Waals surface area (Å²) in [5, 5.41) is 2.57. The Kier molecular flexibility index (Phi) is 7.77. The maximum atomic E-state index is 2.41. The smallest absolute Gasteiger partial charge is 0.0640 e. The highest BCUT2D eigenvalue weighted by molar-refractivity contribution is 7.26. The van der Waals surface area contributed by atoms with Crippen LogP contribution in [0.3, 0.4) is 0 Å². The van der Waals surface area contributed by atoms with Crippen LogP contribution in [-0.2, 0) is 0 Å². The second kappa shape index (κ2) is 13.0. The molecule has 0 saturated carbocycles. The number of fused-ring (bicyclic) bond motifs is 3. The quantitative estimate of drug-likeness (QED) is 0.165. The topological polar surface area (TPSA) is 3.24 Å². The van der Waals surface area contributed by atoms with E-state index in [1.54, 1.807) is 0 Å². The maximum Gasteiger partial charge on any atom is 0.0640 e. The number of hydrogen-bond acceptors (Lipinski definition) is 2. The summed E-state index contributed by atoms with van der Waals surface area (Å²) in [5.41, 5.74) is 13.2. The molecule has 0 N–H and O–H groups in total. The summed E-state index contributed by atoms with van der Waals surface area (Å²) in [6, 6.07) is 72.2. The lowest BCUT2D eigenvalue weighted by Gasteiger charge is -2.26. The molecule has 0 aliphatic carbocycles. The predicted octanol–water partition coefficient (Wildman–Crippen LogP) is 14.2. The Bertz CT molecular complexity index is 2450. The van der Waals surface area contributed by atoms with Gasteiger partial charge >= 0.3 is 0 Å². The summed E-state index contributed by atoms with van der Waals surface area (Å²) >= 11 is 1.87. The molecule has 0 saturated heterocycles. The zero-order valence-electron chi connectivity index (χ0n) is 27.4. The average molecular weight is 656 g/mol. The highest BCUT2D eigenvalue weighted by atomic mass is 32.1. The fraction of sp³-hybridized carbons (Fsp3) is 0. The van der Waals surface area contributed by atoms with Gasteiger partial charge in [-0.15, -0.1) is 11.3 Å². The lowest BCUT2D eigenvalue weighted by molar-refractivity contribution is 1.30. The second-order valence-electron chi connectivity index (χ2n) is 12.6. The van der Waals surface area contributed by atoms with Crippen LogP contribution in [0.1, 0.15) is 0 Å². The van der Waals surface area contributed by atoms with Crippen molar-refractivity contribution in [2.24, 2.45) is 0 Å². The lowest BCUT2D eigenvalue weighted by Crippen LogP contribution is -2.10. The normalized spacial score (nSPS) is 11.2. The van der Waals surface area contributed by atoms with E-state index in [1.807, 2.05) is 11.3 Å². The summed E-state index contributed by atoms with van der Waals surface area (Å²) < 4.78 is 2.56. The van der Waals surface area contributed by atoms with Crippen molar-refractivity contribution in [2.75, 3.05) is 4.90 Å². The highest BCUT2D eigenvalue weighted by Crippen LogP contribution is 2.46. The summed E-state index contributed by atoms with van der Waals surface area (Å²) in [5.74, 6) is 0. The molecule has 0 aliphatic rings. The molecule has 0 bridgehead atoms. The van der Waals surface area contributed by atoms with Crippen molar-refractivity contribution in [1.82, 2.24) is 0 Å². The van der Waals surface area contributed by atoms with Gasteiger partial charge in [0, 0.05) is 26.8 Å². The minimum Gasteiger partial charge on any atom is -0.309 e. The molecule has 9 rings (SSSR count). The third kappa shape index (κ3) is 5.66. The Morgan fingerprint density at radius 3 is 1.18 bits per heavy atom. The third-order valence-electron chi connectivity index (χ3n) is 9.51. The third-order valence-corrected chi connectivity index (χ3v) is 10.7. The molecule has 1 nitrogen and oxygen atoms in total. The van der Waals surface area contributed by atoms with E-state index >= 15 is 0 Å². The van der Waals surface area contributed by atoms with Gasteiger partial charge in [-0.25, -0.2) is 0 Å². The molecule has 0 fully saturated rings. The molecule has 0 spiro atoms. The fourth-order valence-corrected chi connectivity index (χ4v) is 8.16. The van der Waals surface area contributed by atoms with Gasteiger partial charge in [0.15, 0.2) is 0 Å². The van der Waals surface area contributed by atoms with E-state index in [9.17, 15) is 0 Å². The Balaban J connectivity index is 1.14. The molecule has 9 aromatic rings. The molecule has 236 valence electrons. The first-order chi connectivity index (χ1) is 24.8. The first kappa shape index (κ1) is 29.9. The van der Waals surface area contributed by atoms with E-state index in [1.165, 1.54) is 70.4 Å². The van der Waals surface area contributed by atoms with E-state index in [0.717, 1.165) is 11.4 Å². The number of anilines is 3. The van der Waals surface area contributed by atoms with Crippen LogP contribution in [0.2, 0.25) is 0 Å². The van der Waals surface area contributed by atoms with E-state index in [0.29, 0.717) is 0 Å².